The van der Waals surface area contributed by atoms with Crippen molar-refractivity contribution < 1.29 is 9.53 Å². The smallest absolute Gasteiger partial charge is 0.310 e. The van der Waals surface area contributed by atoms with Crippen LogP contribution in [0, 0.1) is 0 Å². The van der Waals surface area contributed by atoms with Gasteiger partial charge in [0.15, 0.2) is 0 Å². The number of methoxy groups -OCH3 is 1. The fourth-order valence-corrected chi connectivity index (χ4v) is 1.34. The molecule has 2 rings (SSSR count). The first-order valence-corrected chi connectivity index (χ1v) is 4.89. The van der Waals surface area contributed by atoms with Crippen molar-refractivity contribution in [3.63, 3.8) is 0 Å². The molecule has 1 saturated carbocycles. The first kappa shape index (κ1) is 9.89. The summed E-state index contributed by atoms with van der Waals surface area (Å²) < 4.78 is 4.55. The molecule has 0 aliphatic heterocycles. The number of anilines is 1. The normalized spacial score (nSPS) is 15.0. The van der Waals surface area contributed by atoms with E-state index in [9.17, 15) is 4.79 Å². The lowest BCUT2D eigenvalue weighted by molar-refractivity contribution is -0.139. The van der Waals surface area contributed by atoms with Crippen LogP contribution in [0.5, 0.6) is 0 Å². The Morgan fingerprint density at radius 3 is 2.93 bits per heavy atom. The van der Waals surface area contributed by atoms with Gasteiger partial charge >= 0.3 is 5.97 Å². The molecule has 0 amide bonds. The molecule has 2 N–H and O–H groups in total. The standard InChI is InChI=1S/C10H13N3O2/c1-15-8(14)4-7-5-12-10(6-2-3-6)13-9(7)11/h5-6H,2-4H2,1H3,(H2,11,12,13). The summed E-state index contributed by atoms with van der Waals surface area (Å²) in [6.07, 6.45) is 4.02. The molecule has 1 heterocycles. The maximum absolute atomic E-state index is 11.0. The zero-order valence-electron chi connectivity index (χ0n) is 8.56. The summed E-state index contributed by atoms with van der Waals surface area (Å²) in [5.41, 5.74) is 6.36. The molecular weight excluding hydrogens is 194 g/mol. The van der Waals surface area contributed by atoms with E-state index in [-0.39, 0.29) is 12.4 Å². The predicted molar refractivity (Wildman–Crippen MR) is 54.1 cm³/mol. The number of nitrogens with zero attached hydrogens (tertiary/aromatic N) is 2. The molecule has 0 saturated heterocycles. The van der Waals surface area contributed by atoms with Gasteiger partial charge in [0.2, 0.25) is 0 Å². The Bertz CT molecular complexity index is 388. The molecule has 0 bridgehead atoms. The van der Waals surface area contributed by atoms with E-state index in [0.717, 1.165) is 18.7 Å². The number of nitrogens with two attached hydrogens (primary N) is 1. The highest BCUT2D eigenvalue weighted by Crippen LogP contribution is 2.38. The molecule has 5 heteroatoms. The number of hydrogen-bond donors (Lipinski definition) is 1. The highest BCUT2D eigenvalue weighted by atomic mass is 16.5. The zero-order chi connectivity index (χ0) is 10.8. The minimum Gasteiger partial charge on any atom is -0.469 e. The topological polar surface area (TPSA) is 78.1 Å². The van der Waals surface area contributed by atoms with Gasteiger partial charge in [-0.3, -0.25) is 4.79 Å². The molecule has 0 unspecified atom stereocenters. The van der Waals surface area contributed by atoms with E-state index in [4.69, 9.17) is 5.73 Å². The van der Waals surface area contributed by atoms with E-state index in [2.05, 4.69) is 14.7 Å². The zero-order valence-corrected chi connectivity index (χ0v) is 8.56. The second-order valence-corrected chi connectivity index (χ2v) is 3.67. The molecule has 0 atom stereocenters. The first-order valence-electron chi connectivity index (χ1n) is 4.89. The van der Waals surface area contributed by atoms with Crippen LogP contribution in [0.15, 0.2) is 6.20 Å². The van der Waals surface area contributed by atoms with Crippen LogP contribution in [-0.4, -0.2) is 23.0 Å². The van der Waals surface area contributed by atoms with E-state index in [0.29, 0.717) is 17.3 Å². The van der Waals surface area contributed by atoms with Gasteiger partial charge < -0.3 is 10.5 Å². The van der Waals surface area contributed by atoms with Gasteiger partial charge in [-0.15, -0.1) is 0 Å². The fourth-order valence-electron chi connectivity index (χ4n) is 1.34. The highest BCUT2D eigenvalue weighted by Gasteiger charge is 2.27. The van der Waals surface area contributed by atoms with Crippen molar-refractivity contribution in [3.05, 3.63) is 17.6 Å². The Balaban J connectivity index is 2.14. The monoisotopic (exact) mass is 207 g/mol. The van der Waals surface area contributed by atoms with Gasteiger partial charge in [-0.25, -0.2) is 9.97 Å². The van der Waals surface area contributed by atoms with Crippen LogP contribution in [0.2, 0.25) is 0 Å². The van der Waals surface area contributed by atoms with Crippen LogP contribution >= 0.6 is 0 Å². The molecule has 0 aromatic carbocycles. The van der Waals surface area contributed by atoms with Gasteiger partial charge in [0.25, 0.3) is 0 Å². The number of hydrogen-bond acceptors (Lipinski definition) is 5. The third-order valence-corrected chi connectivity index (χ3v) is 2.42. The van der Waals surface area contributed by atoms with Gasteiger partial charge in [0, 0.05) is 17.7 Å². The summed E-state index contributed by atoms with van der Waals surface area (Å²) in [4.78, 5) is 19.4. The molecular formula is C10H13N3O2. The Hall–Kier alpha value is -1.65. The number of rotatable bonds is 3. The largest absolute Gasteiger partial charge is 0.469 e. The molecule has 5 nitrogen and oxygen atoms in total. The molecule has 1 aromatic rings. The molecule has 15 heavy (non-hydrogen) atoms. The summed E-state index contributed by atoms with van der Waals surface area (Å²) in [6.45, 7) is 0. The van der Waals surface area contributed by atoms with E-state index < -0.39 is 0 Å². The third kappa shape index (κ3) is 2.23. The van der Waals surface area contributed by atoms with Crippen molar-refractivity contribution in [1.29, 1.82) is 0 Å². The van der Waals surface area contributed by atoms with Crippen LogP contribution in [-0.2, 0) is 16.0 Å². The van der Waals surface area contributed by atoms with Gasteiger partial charge in [-0.05, 0) is 12.8 Å². The van der Waals surface area contributed by atoms with Crippen molar-refractivity contribution in [3.8, 4) is 0 Å². The summed E-state index contributed by atoms with van der Waals surface area (Å²) in [7, 11) is 1.35. The minimum absolute atomic E-state index is 0.132. The number of carbonyl (C=O) groups is 1. The fraction of sp³-hybridized carbons (Fsp3) is 0.500. The SMILES string of the molecule is COC(=O)Cc1cnc(C2CC2)nc1N. The van der Waals surface area contributed by atoms with Crippen LogP contribution in [0.1, 0.15) is 30.1 Å². The number of carbonyl (C=O) groups excluding carboxylic acids is 1. The molecule has 0 radical (unpaired) electrons. The van der Waals surface area contributed by atoms with Crippen molar-refractivity contribution in [1.82, 2.24) is 9.97 Å². The lowest BCUT2D eigenvalue weighted by Gasteiger charge is -2.04. The van der Waals surface area contributed by atoms with E-state index in [1.54, 1.807) is 6.20 Å². The third-order valence-electron chi connectivity index (χ3n) is 2.42. The van der Waals surface area contributed by atoms with Crippen molar-refractivity contribution in [2.45, 2.75) is 25.2 Å². The summed E-state index contributed by atoms with van der Waals surface area (Å²) in [5, 5.41) is 0. The molecule has 1 aliphatic rings. The molecule has 0 spiro atoms. The van der Waals surface area contributed by atoms with Gasteiger partial charge in [-0.2, -0.15) is 0 Å². The summed E-state index contributed by atoms with van der Waals surface area (Å²) in [5.74, 6) is 1.32. The van der Waals surface area contributed by atoms with E-state index in [1.807, 2.05) is 0 Å². The van der Waals surface area contributed by atoms with Crippen molar-refractivity contribution in [2.24, 2.45) is 0 Å². The lowest BCUT2D eigenvalue weighted by Crippen LogP contribution is -2.09. The van der Waals surface area contributed by atoms with Crippen molar-refractivity contribution >= 4 is 11.8 Å². The minimum atomic E-state index is -0.329. The van der Waals surface area contributed by atoms with Gasteiger partial charge in [0.1, 0.15) is 11.6 Å². The second-order valence-electron chi connectivity index (χ2n) is 3.67. The Morgan fingerprint density at radius 1 is 1.67 bits per heavy atom. The second kappa shape index (κ2) is 3.84. The summed E-state index contributed by atoms with van der Waals surface area (Å²) >= 11 is 0. The molecule has 1 fully saturated rings. The molecule has 1 aromatic heterocycles. The van der Waals surface area contributed by atoms with Crippen LogP contribution < -0.4 is 5.73 Å². The van der Waals surface area contributed by atoms with Gasteiger partial charge in [0.05, 0.1) is 13.5 Å². The first-order chi connectivity index (χ1) is 7.20. The Morgan fingerprint density at radius 2 is 2.40 bits per heavy atom. The number of aromatic nitrogens is 2. The lowest BCUT2D eigenvalue weighted by atomic mass is 10.2. The molecule has 1 aliphatic carbocycles. The molecule has 80 valence electrons. The predicted octanol–water partition coefficient (Wildman–Crippen LogP) is 0.652. The quantitative estimate of drug-likeness (QED) is 0.736. The Labute approximate surface area is 87.7 Å². The average Bonchev–Trinajstić information content (AvgIpc) is 3.04. The van der Waals surface area contributed by atoms with E-state index in [1.165, 1.54) is 7.11 Å². The van der Waals surface area contributed by atoms with Crippen LogP contribution in [0.3, 0.4) is 0 Å². The Kier molecular flexibility index (Phi) is 2.53. The highest BCUT2D eigenvalue weighted by molar-refractivity contribution is 5.73. The average molecular weight is 207 g/mol. The maximum Gasteiger partial charge on any atom is 0.310 e. The summed E-state index contributed by atoms with van der Waals surface area (Å²) in [6, 6.07) is 0. The number of ether oxygens (including phenoxy) is 1. The van der Waals surface area contributed by atoms with E-state index >= 15 is 0 Å². The van der Waals surface area contributed by atoms with Gasteiger partial charge in [-0.1, -0.05) is 0 Å². The number of esters is 1. The maximum atomic E-state index is 11.0. The van der Waals surface area contributed by atoms with Crippen LogP contribution in [0.25, 0.3) is 0 Å². The number of nitrogen functional groups attached to an aromatic ring is 1. The van der Waals surface area contributed by atoms with Crippen LogP contribution in [0.4, 0.5) is 5.82 Å². The van der Waals surface area contributed by atoms with Crippen molar-refractivity contribution in [2.75, 3.05) is 12.8 Å².